The highest BCUT2D eigenvalue weighted by Crippen LogP contribution is 2.85. The van der Waals surface area contributed by atoms with Gasteiger partial charge in [-0.1, -0.05) is 0 Å². The summed E-state index contributed by atoms with van der Waals surface area (Å²) in [6, 6.07) is 0.742. The Hall–Kier alpha value is -1.26. The number of hydrogen-bond acceptors (Lipinski definition) is 2. The molecule has 88 valence electrons. The fourth-order valence-corrected chi connectivity index (χ4v) is 6.52. The SMILES string of the molecule is Cn1c(=O)n2n(c1=O)[C@H]1[C@@H]3C[C@H]4[C@@H]5[C@@H]([C@@H]41)[C@@H]2[C@H]35. The Balaban J connectivity index is 1.80. The summed E-state index contributed by atoms with van der Waals surface area (Å²) in [5, 5.41) is 0. The van der Waals surface area contributed by atoms with Gasteiger partial charge in [-0.25, -0.2) is 23.5 Å². The molecule has 6 aliphatic rings. The van der Waals surface area contributed by atoms with Gasteiger partial charge < -0.3 is 0 Å². The topological polar surface area (TPSA) is 48.9 Å². The monoisotopic (exact) mass is 231 g/mol. The zero-order chi connectivity index (χ0) is 11.2. The maximum Gasteiger partial charge on any atom is 0.347 e. The molecule has 0 spiro atoms. The van der Waals surface area contributed by atoms with Crippen LogP contribution in [0, 0.1) is 35.5 Å². The number of nitrogens with zero attached hydrogens (tertiary/aromatic N) is 3. The predicted octanol–water partition coefficient (Wildman–Crippen LogP) is -0.414. The van der Waals surface area contributed by atoms with Gasteiger partial charge in [0.05, 0.1) is 12.1 Å². The molecule has 7 rings (SSSR count). The van der Waals surface area contributed by atoms with Crippen LogP contribution in [-0.2, 0) is 7.05 Å². The Kier molecular flexibility index (Phi) is 0.867. The third-order valence-electron chi connectivity index (χ3n) is 6.75. The summed E-state index contributed by atoms with van der Waals surface area (Å²) in [4.78, 5) is 24.3. The van der Waals surface area contributed by atoms with E-state index in [0.29, 0.717) is 18.0 Å². The van der Waals surface area contributed by atoms with E-state index in [1.807, 2.05) is 9.36 Å². The number of aromatic nitrogens is 3. The molecule has 4 saturated carbocycles. The molecular formula is C12H13N3O2. The highest BCUT2D eigenvalue weighted by molar-refractivity contribution is 5.30. The Labute approximate surface area is 96.6 Å². The Morgan fingerprint density at radius 2 is 1.53 bits per heavy atom. The van der Waals surface area contributed by atoms with E-state index in [9.17, 15) is 9.59 Å². The van der Waals surface area contributed by atoms with Crippen LogP contribution in [-0.4, -0.2) is 13.9 Å². The first-order valence-electron chi connectivity index (χ1n) is 6.62. The van der Waals surface area contributed by atoms with Crippen molar-refractivity contribution >= 4 is 0 Å². The Morgan fingerprint density at radius 3 is 2.24 bits per heavy atom. The van der Waals surface area contributed by atoms with Gasteiger partial charge in [-0.15, -0.1) is 0 Å². The van der Waals surface area contributed by atoms with Gasteiger partial charge in [0.25, 0.3) is 0 Å². The Morgan fingerprint density at radius 1 is 0.882 bits per heavy atom. The summed E-state index contributed by atoms with van der Waals surface area (Å²) in [5.74, 6) is 4.74. The highest BCUT2D eigenvalue weighted by atomic mass is 16.2. The van der Waals surface area contributed by atoms with E-state index in [-0.39, 0.29) is 11.4 Å². The summed E-state index contributed by atoms with van der Waals surface area (Å²) >= 11 is 0. The van der Waals surface area contributed by atoms with Crippen molar-refractivity contribution in [3.63, 3.8) is 0 Å². The molecule has 4 fully saturated rings. The number of hydrogen-bond donors (Lipinski definition) is 0. The van der Waals surface area contributed by atoms with E-state index in [1.165, 1.54) is 11.0 Å². The first-order chi connectivity index (χ1) is 8.22. The van der Waals surface area contributed by atoms with Crippen molar-refractivity contribution in [1.29, 1.82) is 0 Å². The van der Waals surface area contributed by atoms with E-state index < -0.39 is 0 Å². The van der Waals surface area contributed by atoms with E-state index in [0.717, 1.165) is 29.6 Å². The standard InChI is InChI=1S/C12H13N3O2/c1-13-11(16)14-9-4-2-3-5-7(4)10(8(5)6(3)9)15(14)12(13)17/h3-10H,2H2,1H3/t3-,4+,5-,6+,7+,8-,9-,10-/m0/s1. The molecule has 4 bridgehead atoms. The lowest BCUT2D eigenvalue weighted by atomic mass is 9.37. The lowest BCUT2D eigenvalue weighted by Gasteiger charge is -2.73. The molecular weight excluding hydrogens is 218 g/mol. The Bertz CT molecular complexity index is 706. The van der Waals surface area contributed by atoms with E-state index in [2.05, 4.69) is 0 Å². The average Bonchev–Trinajstić information content (AvgIpc) is 2.80. The molecule has 0 aromatic carbocycles. The average molecular weight is 231 g/mol. The number of rotatable bonds is 0. The zero-order valence-corrected chi connectivity index (χ0v) is 9.48. The maximum atomic E-state index is 12.2. The van der Waals surface area contributed by atoms with Gasteiger partial charge in [0.2, 0.25) is 0 Å². The molecule has 0 N–H and O–H groups in total. The first kappa shape index (κ1) is 7.95. The summed E-state index contributed by atoms with van der Waals surface area (Å²) in [7, 11) is 1.61. The van der Waals surface area contributed by atoms with Crippen LogP contribution >= 0.6 is 0 Å². The van der Waals surface area contributed by atoms with E-state index in [4.69, 9.17) is 0 Å². The quantitative estimate of drug-likeness (QED) is 0.609. The van der Waals surface area contributed by atoms with Crippen molar-refractivity contribution in [2.45, 2.75) is 18.5 Å². The predicted molar refractivity (Wildman–Crippen MR) is 57.6 cm³/mol. The molecule has 1 aromatic heterocycles. The molecule has 0 radical (unpaired) electrons. The lowest BCUT2D eigenvalue weighted by molar-refractivity contribution is -0.264. The minimum absolute atomic E-state index is 0.0853. The molecule has 8 atom stereocenters. The van der Waals surface area contributed by atoms with Crippen molar-refractivity contribution in [3.05, 3.63) is 21.0 Å². The zero-order valence-electron chi connectivity index (χ0n) is 9.48. The van der Waals surface area contributed by atoms with Crippen LogP contribution in [0.1, 0.15) is 18.5 Å². The van der Waals surface area contributed by atoms with Gasteiger partial charge in [0.15, 0.2) is 0 Å². The van der Waals surface area contributed by atoms with Crippen LogP contribution < -0.4 is 11.4 Å². The maximum absolute atomic E-state index is 12.2. The van der Waals surface area contributed by atoms with Gasteiger partial charge >= 0.3 is 11.4 Å². The third-order valence-corrected chi connectivity index (χ3v) is 6.75. The van der Waals surface area contributed by atoms with Crippen molar-refractivity contribution in [2.24, 2.45) is 42.6 Å². The fourth-order valence-electron chi connectivity index (χ4n) is 6.52. The third kappa shape index (κ3) is 0.478. The van der Waals surface area contributed by atoms with Crippen LogP contribution in [0.5, 0.6) is 0 Å². The van der Waals surface area contributed by atoms with Crippen molar-refractivity contribution < 1.29 is 0 Å². The normalized spacial score (nSPS) is 57.9. The van der Waals surface area contributed by atoms with Crippen LogP contribution in [0.3, 0.4) is 0 Å². The second kappa shape index (κ2) is 1.85. The van der Waals surface area contributed by atoms with E-state index >= 15 is 0 Å². The van der Waals surface area contributed by atoms with Crippen LogP contribution in [0.25, 0.3) is 0 Å². The van der Waals surface area contributed by atoms with Crippen LogP contribution in [0.15, 0.2) is 9.59 Å². The molecule has 3 heterocycles. The van der Waals surface area contributed by atoms with Crippen molar-refractivity contribution in [2.75, 3.05) is 0 Å². The molecule has 5 heteroatoms. The second-order valence-electron chi connectivity index (χ2n) is 6.67. The summed E-state index contributed by atoms with van der Waals surface area (Å²) < 4.78 is 4.93. The molecule has 0 amide bonds. The highest BCUT2D eigenvalue weighted by Gasteiger charge is 2.83. The van der Waals surface area contributed by atoms with Gasteiger partial charge in [0, 0.05) is 7.05 Å². The van der Waals surface area contributed by atoms with Crippen molar-refractivity contribution in [3.8, 4) is 0 Å². The summed E-state index contributed by atoms with van der Waals surface area (Å²) in [6.07, 6.45) is 1.33. The van der Waals surface area contributed by atoms with Crippen molar-refractivity contribution in [1.82, 2.24) is 13.9 Å². The largest absolute Gasteiger partial charge is 0.347 e. The van der Waals surface area contributed by atoms with Gasteiger partial charge in [-0.05, 0) is 41.9 Å². The minimum atomic E-state index is -0.0873. The summed E-state index contributed by atoms with van der Waals surface area (Å²) in [5.41, 5.74) is -0.173. The molecule has 0 unspecified atom stereocenters. The molecule has 5 nitrogen and oxygen atoms in total. The summed E-state index contributed by atoms with van der Waals surface area (Å²) in [6.45, 7) is 0. The van der Waals surface area contributed by atoms with Gasteiger partial charge in [-0.3, -0.25) is 0 Å². The molecule has 17 heavy (non-hydrogen) atoms. The van der Waals surface area contributed by atoms with E-state index in [1.54, 1.807) is 7.05 Å². The minimum Gasteiger partial charge on any atom is -0.246 e. The van der Waals surface area contributed by atoms with Crippen LogP contribution in [0.4, 0.5) is 0 Å². The molecule has 4 aliphatic carbocycles. The second-order valence-corrected chi connectivity index (χ2v) is 6.67. The molecule has 1 aromatic rings. The fraction of sp³-hybridized carbons (Fsp3) is 0.833. The smallest absolute Gasteiger partial charge is 0.246 e. The molecule has 2 aliphatic heterocycles. The van der Waals surface area contributed by atoms with Crippen LogP contribution in [0.2, 0.25) is 0 Å². The first-order valence-corrected chi connectivity index (χ1v) is 6.62. The molecule has 0 saturated heterocycles. The van der Waals surface area contributed by atoms with Gasteiger partial charge in [0.1, 0.15) is 0 Å². The van der Waals surface area contributed by atoms with Gasteiger partial charge in [-0.2, -0.15) is 0 Å². The lowest BCUT2D eigenvalue weighted by Crippen LogP contribution is -2.73.